The van der Waals surface area contributed by atoms with Gasteiger partial charge in [0.2, 0.25) is 0 Å². The number of pyridine rings is 1. The fourth-order valence-corrected chi connectivity index (χ4v) is 3.72. The van der Waals surface area contributed by atoms with Crippen molar-refractivity contribution < 1.29 is 13.2 Å². The Bertz CT molecular complexity index is 556. The SMILES string of the molecule is Nc1ccnc(C(=O)NCC2CCCS2(=O)=O)c1. The van der Waals surface area contributed by atoms with Gasteiger partial charge in [-0.15, -0.1) is 0 Å². The van der Waals surface area contributed by atoms with Crippen LogP contribution in [-0.2, 0) is 9.84 Å². The Morgan fingerprint density at radius 3 is 2.94 bits per heavy atom. The van der Waals surface area contributed by atoms with Crippen molar-refractivity contribution in [3.8, 4) is 0 Å². The van der Waals surface area contributed by atoms with Crippen LogP contribution in [0.15, 0.2) is 18.3 Å². The molecule has 0 spiro atoms. The van der Waals surface area contributed by atoms with Crippen molar-refractivity contribution in [3.63, 3.8) is 0 Å². The number of rotatable bonds is 3. The maximum atomic E-state index is 11.7. The predicted molar refractivity (Wildman–Crippen MR) is 67.8 cm³/mol. The summed E-state index contributed by atoms with van der Waals surface area (Å²) in [5.41, 5.74) is 6.19. The quantitative estimate of drug-likeness (QED) is 0.802. The van der Waals surface area contributed by atoms with Crippen LogP contribution in [0.1, 0.15) is 23.3 Å². The van der Waals surface area contributed by atoms with Gasteiger partial charge < -0.3 is 11.1 Å². The van der Waals surface area contributed by atoms with Crippen molar-refractivity contribution in [3.05, 3.63) is 24.0 Å². The number of anilines is 1. The molecule has 1 saturated heterocycles. The first-order valence-electron chi connectivity index (χ1n) is 5.70. The molecule has 3 N–H and O–H groups in total. The number of aromatic nitrogens is 1. The molecule has 1 atom stereocenters. The lowest BCUT2D eigenvalue weighted by Crippen LogP contribution is -2.35. The lowest BCUT2D eigenvalue weighted by molar-refractivity contribution is 0.0948. The molecule has 6 nitrogen and oxygen atoms in total. The summed E-state index contributed by atoms with van der Waals surface area (Å²) in [6, 6.07) is 3.04. The van der Waals surface area contributed by atoms with Crippen LogP contribution < -0.4 is 11.1 Å². The topological polar surface area (TPSA) is 102 Å². The molecular formula is C11H15N3O3S. The highest BCUT2D eigenvalue weighted by Gasteiger charge is 2.31. The highest BCUT2D eigenvalue weighted by molar-refractivity contribution is 7.92. The van der Waals surface area contributed by atoms with Gasteiger partial charge in [-0.1, -0.05) is 0 Å². The molecule has 0 radical (unpaired) electrons. The van der Waals surface area contributed by atoms with E-state index < -0.39 is 21.0 Å². The van der Waals surface area contributed by atoms with Crippen molar-refractivity contribution in [2.24, 2.45) is 0 Å². The van der Waals surface area contributed by atoms with Crippen molar-refractivity contribution in [2.45, 2.75) is 18.1 Å². The number of carbonyl (C=O) groups excluding carboxylic acids is 1. The van der Waals surface area contributed by atoms with Gasteiger partial charge in [0.15, 0.2) is 9.84 Å². The number of hydrogen-bond donors (Lipinski definition) is 2. The highest BCUT2D eigenvalue weighted by Crippen LogP contribution is 2.19. The van der Waals surface area contributed by atoms with E-state index in [2.05, 4.69) is 10.3 Å². The van der Waals surface area contributed by atoms with Gasteiger partial charge >= 0.3 is 0 Å². The van der Waals surface area contributed by atoms with Gasteiger partial charge in [-0.05, 0) is 25.0 Å². The average Bonchev–Trinajstić information content (AvgIpc) is 2.65. The molecule has 0 aromatic carbocycles. The minimum Gasteiger partial charge on any atom is -0.399 e. The lowest BCUT2D eigenvalue weighted by Gasteiger charge is -2.10. The summed E-state index contributed by atoms with van der Waals surface area (Å²) >= 11 is 0. The molecule has 1 aromatic rings. The fraction of sp³-hybridized carbons (Fsp3) is 0.455. The summed E-state index contributed by atoms with van der Waals surface area (Å²) in [6.45, 7) is 0.137. The summed E-state index contributed by atoms with van der Waals surface area (Å²) < 4.78 is 23.2. The van der Waals surface area contributed by atoms with Gasteiger partial charge in [0.1, 0.15) is 5.69 Å². The largest absolute Gasteiger partial charge is 0.399 e. The van der Waals surface area contributed by atoms with Crippen LogP contribution in [0.25, 0.3) is 0 Å². The molecule has 2 heterocycles. The number of hydrogen-bond acceptors (Lipinski definition) is 5. The van der Waals surface area contributed by atoms with Crippen LogP contribution in [0.4, 0.5) is 5.69 Å². The lowest BCUT2D eigenvalue weighted by atomic mass is 10.2. The molecule has 1 unspecified atom stereocenters. The molecule has 0 bridgehead atoms. The van der Waals surface area contributed by atoms with Crippen LogP contribution in [0.2, 0.25) is 0 Å². The molecule has 0 saturated carbocycles. The normalized spacial score (nSPS) is 21.7. The zero-order chi connectivity index (χ0) is 13.2. The third-order valence-electron chi connectivity index (χ3n) is 2.97. The zero-order valence-electron chi connectivity index (χ0n) is 9.80. The first-order valence-corrected chi connectivity index (χ1v) is 7.42. The Kier molecular flexibility index (Phi) is 3.51. The molecule has 1 amide bonds. The Labute approximate surface area is 106 Å². The monoisotopic (exact) mass is 269 g/mol. The summed E-state index contributed by atoms with van der Waals surface area (Å²) in [5.74, 6) is -0.186. The van der Waals surface area contributed by atoms with E-state index in [1.54, 1.807) is 6.07 Å². The Hall–Kier alpha value is -1.63. The van der Waals surface area contributed by atoms with Gasteiger partial charge in [0.05, 0.1) is 11.0 Å². The number of carbonyl (C=O) groups is 1. The molecular weight excluding hydrogens is 254 g/mol. The summed E-state index contributed by atoms with van der Waals surface area (Å²) in [5, 5.41) is 2.12. The minimum atomic E-state index is -3.03. The van der Waals surface area contributed by atoms with E-state index in [0.29, 0.717) is 18.5 Å². The molecule has 1 aromatic heterocycles. The van der Waals surface area contributed by atoms with E-state index in [9.17, 15) is 13.2 Å². The van der Waals surface area contributed by atoms with Crippen molar-refractivity contribution in [2.75, 3.05) is 18.0 Å². The summed E-state index contributed by atoms with van der Waals surface area (Å²) in [4.78, 5) is 15.6. The fourth-order valence-electron chi connectivity index (χ4n) is 1.96. The Balaban J connectivity index is 1.97. The number of sulfone groups is 1. The molecule has 2 rings (SSSR count). The first kappa shape index (κ1) is 12.8. The molecule has 98 valence electrons. The Morgan fingerprint density at radius 2 is 2.33 bits per heavy atom. The second-order valence-corrected chi connectivity index (χ2v) is 6.72. The highest BCUT2D eigenvalue weighted by atomic mass is 32.2. The number of nitrogens with two attached hydrogens (primary N) is 1. The Morgan fingerprint density at radius 1 is 1.56 bits per heavy atom. The van der Waals surface area contributed by atoms with E-state index in [1.165, 1.54) is 12.3 Å². The van der Waals surface area contributed by atoms with E-state index in [4.69, 9.17) is 5.73 Å². The molecule has 0 aliphatic carbocycles. The van der Waals surface area contributed by atoms with Crippen molar-refractivity contribution >= 4 is 21.4 Å². The molecule has 18 heavy (non-hydrogen) atoms. The number of amides is 1. The number of nitrogen functional groups attached to an aromatic ring is 1. The minimum absolute atomic E-state index is 0.137. The maximum absolute atomic E-state index is 11.7. The second-order valence-electron chi connectivity index (χ2n) is 4.32. The third kappa shape index (κ3) is 2.79. The molecule has 7 heteroatoms. The van der Waals surface area contributed by atoms with Gasteiger partial charge in [-0.25, -0.2) is 8.42 Å². The number of nitrogens with one attached hydrogen (secondary N) is 1. The smallest absolute Gasteiger partial charge is 0.269 e. The van der Waals surface area contributed by atoms with Gasteiger partial charge in [0.25, 0.3) is 5.91 Å². The van der Waals surface area contributed by atoms with Crippen molar-refractivity contribution in [1.29, 1.82) is 0 Å². The van der Waals surface area contributed by atoms with Gasteiger partial charge in [-0.3, -0.25) is 9.78 Å². The summed E-state index contributed by atoms with van der Waals surface area (Å²) in [7, 11) is -3.03. The van der Waals surface area contributed by atoms with E-state index in [-0.39, 0.29) is 18.0 Å². The zero-order valence-corrected chi connectivity index (χ0v) is 10.6. The van der Waals surface area contributed by atoms with E-state index in [1.807, 2.05) is 0 Å². The van der Waals surface area contributed by atoms with Gasteiger partial charge in [-0.2, -0.15) is 0 Å². The van der Waals surface area contributed by atoms with Gasteiger partial charge in [0, 0.05) is 18.4 Å². The van der Waals surface area contributed by atoms with E-state index in [0.717, 1.165) is 0 Å². The molecule has 1 aliphatic rings. The van der Waals surface area contributed by atoms with Crippen LogP contribution in [0.5, 0.6) is 0 Å². The first-order chi connectivity index (χ1) is 8.49. The maximum Gasteiger partial charge on any atom is 0.269 e. The van der Waals surface area contributed by atoms with Crippen LogP contribution in [0, 0.1) is 0 Å². The van der Waals surface area contributed by atoms with E-state index >= 15 is 0 Å². The summed E-state index contributed by atoms with van der Waals surface area (Å²) in [6.07, 6.45) is 2.71. The van der Waals surface area contributed by atoms with Crippen LogP contribution >= 0.6 is 0 Å². The number of nitrogens with zero attached hydrogens (tertiary/aromatic N) is 1. The average molecular weight is 269 g/mol. The van der Waals surface area contributed by atoms with Crippen LogP contribution in [-0.4, -0.2) is 36.9 Å². The molecule has 1 aliphatic heterocycles. The van der Waals surface area contributed by atoms with Crippen LogP contribution in [0.3, 0.4) is 0 Å². The molecule has 1 fully saturated rings. The third-order valence-corrected chi connectivity index (χ3v) is 5.25. The van der Waals surface area contributed by atoms with Crippen molar-refractivity contribution in [1.82, 2.24) is 10.3 Å². The predicted octanol–water partition coefficient (Wildman–Crippen LogP) is -0.0292. The second kappa shape index (κ2) is 4.93. The standard InChI is InChI=1S/C11H15N3O3S/c12-8-3-4-13-10(6-8)11(15)14-7-9-2-1-5-18(9,16)17/h3-4,6,9H,1-2,5,7H2,(H2,12,13)(H,14,15).